The van der Waals surface area contributed by atoms with Gasteiger partial charge in [0.05, 0.1) is 0 Å². The normalized spacial score (nSPS) is 11.3. The molecule has 44 heavy (non-hydrogen) atoms. The molecule has 0 radical (unpaired) electrons. The van der Waals surface area contributed by atoms with Crippen molar-refractivity contribution in [3.8, 4) is 11.1 Å². The van der Waals surface area contributed by atoms with Crippen molar-refractivity contribution in [1.29, 1.82) is 0 Å². The number of halogens is 2. The summed E-state index contributed by atoms with van der Waals surface area (Å²) in [6.45, 7) is 13.8. The van der Waals surface area contributed by atoms with Crippen LogP contribution >= 0.6 is 0 Å². The topological polar surface area (TPSA) is 0 Å². The molecule has 0 saturated carbocycles. The Morgan fingerprint density at radius 1 is 0.659 bits per heavy atom. The first-order chi connectivity index (χ1) is 20.2. The zero-order valence-corrected chi connectivity index (χ0v) is 30.9. The number of benzene rings is 4. The summed E-state index contributed by atoms with van der Waals surface area (Å²) < 4.78 is 1.43. The molecule has 0 amide bonds. The van der Waals surface area contributed by atoms with E-state index in [1.807, 2.05) is 36.4 Å². The number of fused-ring (bicyclic) bond motifs is 3. The minimum atomic E-state index is 0. The summed E-state index contributed by atoms with van der Waals surface area (Å²) in [5.41, 5.74) is 11.6. The first kappa shape index (κ1) is 37.7. The molecule has 228 valence electrons. The molecule has 5 aromatic carbocycles. The number of hydrogen-bond donors (Lipinski definition) is 0. The van der Waals surface area contributed by atoms with E-state index < -0.39 is 0 Å². The van der Waals surface area contributed by atoms with E-state index in [0.29, 0.717) is 0 Å². The second kappa shape index (κ2) is 17.3. The molecule has 1 aliphatic rings. The second-order valence-electron chi connectivity index (χ2n) is 12.4. The van der Waals surface area contributed by atoms with Crippen LogP contribution in [0.15, 0.2) is 121 Å². The summed E-state index contributed by atoms with van der Waals surface area (Å²) >= 11 is 1.47. The SMILES string of the molecule is CCC(C)(C)c1ccc([C](=[Zr+2])c2ccc(C(C)(C)CC)cc2)cc1.[Cl-].[Cl-].[c-]1cccc2c1Cc1ccccc1-2.c1cc[cH-]c1. The second-order valence-corrected chi connectivity index (χ2v) is 13.6. The third kappa shape index (κ3) is 9.53. The number of hydrogen-bond acceptors (Lipinski definition) is 0. The third-order valence-corrected chi connectivity index (χ3v) is 10.3. The van der Waals surface area contributed by atoms with Gasteiger partial charge in [0.25, 0.3) is 0 Å². The molecule has 0 aliphatic heterocycles. The van der Waals surface area contributed by atoms with E-state index >= 15 is 0 Å². The molecule has 0 unspecified atom stereocenters. The molecule has 0 atom stereocenters. The van der Waals surface area contributed by atoms with Crippen molar-refractivity contribution < 1.29 is 49.0 Å². The quantitative estimate of drug-likeness (QED) is 0.223. The van der Waals surface area contributed by atoms with Crippen molar-refractivity contribution in [2.24, 2.45) is 0 Å². The first-order valence-corrected chi connectivity index (χ1v) is 16.4. The molecule has 5 aromatic rings. The molecule has 6 rings (SSSR count). The van der Waals surface area contributed by atoms with Crippen LogP contribution in [0.1, 0.15) is 87.8 Å². The van der Waals surface area contributed by atoms with E-state index in [1.54, 1.807) is 0 Å². The monoisotopic (exact) mass is 696 g/mol. The van der Waals surface area contributed by atoms with E-state index in [-0.39, 0.29) is 35.6 Å². The van der Waals surface area contributed by atoms with E-state index in [9.17, 15) is 0 Å². The molecule has 0 heterocycles. The van der Waals surface area contributed by atoms with Gasteiger partial charge in [0.15, 0.2) is 0 Å². The van der Waals surface area contributed by atoms with Crippen LogP contribution in [-0.4, -0.2) is 3.21 Å². The molecule has 0 fully saturated rings. The Kier molecular flexibility index (Phi) is 14.9. The van der Waals surface area contributed by atoms with Crippen LogP contribution in [0, 0.1) is 6.07 Å². The van der Waals surface area contributed by atoms with E-state index in [2.05, 4.69) is 133 Å². The zero-order chi connectivity index (χ0) is 30.2. The Morgan fingerprint density at radius 2 is 1.14 bits per heavy atom. The third-order valence-electron chi connectivity index (χ3n) is 8.85. The van der Waals surface area contributed by atoms with Crippen molar-refractivity contribution in [3.63, 3.8) is 0 Å². The maximum Gasteiger partial charge on any atom is -0.0253 e. The Labute approximate surface area is 293 Å². The van der Waals surface area contributed by atoms with Crippen molar-refractivity contribution >= 4 is 3.21 Å². The van der Waals surface area contributed by atoms with Gasteiger partial charge in [-0.2, -0.15) is 48.0 Å². The predicted molar refractivity (Wildman–Crippen MR) is 178 cm³/mol. The van der Waals surface area contributed by atoms with Crippen molar-refractivity contribution in [1.82, 2.24) is 0 Å². The van der Waals surface area contributed by atoms with Crippen LogP contribution in [0.5, 0.6) is 0 Å². The zero-order valence-electron chi connectivity index (χ0n) is 26.9. The Balaban J connectivity index is 0.000000279. The Morgan fingerprint density at radius 3 is 1.59 bits per heavy atom. The Bertz CT molecular complexity index is 1440. The molecule has 1 aliphatic carbocycles. The molecule has 0 bridgehead atoms. The van der Waals surface area contributed by atoms with Gasteiger partial charge in [0.1, 0.15) is 0 Å². The average Bonchev–Trinajstić information content (AvgIpc) is 3.73. The van der Waals surface area contributed by atoms with Gasteiger partial charge in [-0.05, 0) is 6.42 Å². The van der Waals surface area contributed by atoms with Gasteiger partial charge in [0, 0.05) is 0 Å². The van der Waals surface area contributed by atoms with Gasteiger partial charge < -0.3 is 24.8 Å². The maximum absolute atomic E-state index is 3.30. The van der Waals surface area contributed by atoms with Crippen molar-refractivity contribution in [2.45, 2.75) is 71.6 Å². The minimum absolute atomic E-state index is 0. The van der Waals surface area contributed by atoms with Crippen LogP contribution < -0.4 is 24.8 Å². The van der Waals surface area contributed by atoms with Gasteiger partial charge in [0.2, 0.25) is 0 Å². The summed E-state index contributed by atoms with van der Waals surface area (Å²) in [5, 5.41) is 0. The first-order valence-electron chi connectivity index (χ1n) is 15.2. The molecular weight excluding hydrogens is 655 g/mol. The molecule has 3 heteroatoms. The number of rotatable bonds is 6. The van der Waals surface area contributed by atoms with Crippen LogP contribution in [0.3, 0.4) is 0 Å². The van der Waals surface area contributed by atoms with Crippen LogP contribution in [0.25, 0.3) is 11.1 Å². The van der Waals surface area contributed by atoms with Gasteiger partial charge in [-0.3, -0.25) is 0 Å². The summed E-state index contributed by atoms with van der Waals surface area (Å²) in [5.74, 6) is 0. The van der Waals surface area contributed by atoms with Crippen LogP contribution in [0.4, 0.5) is 0 Å². The maximum atomic E-state index is 3.30. The summed E-state index contributed by atoms with van der Waals surface area (Å²) in [6, 6.07) is 46.5. The summed E-state index contributed by atoms with van der Waals surface area (Å²) in [4.78, 5) is 0. The molecular formula is C41H44Cl2Zr-2. The minimum Gasteiger partial charge on any atom is -1.00 e. The van der Waals surface area contributed by atoms with E-state index in [0.717, 1.165) is 19.3 Å². The fourth-order valence-electron chi connectivity index (χ4n) is 5.07. The summed E-state index contributed by atoms with van der Waals surface area (Å²) in [7, 11) is 0. The predicted octanol–water partition coefficient (Wildman–Crippen LogP) is 4.65. The van der Waals surface area contributed by atoms with Gasteiger partial charge >= 0.3 is 163 Å². The average molecular weight is 699 g/mol. The standard InChI is InChI=1S/C23H30.C13H9.C5H5.2ClH.Zr/c1-7-22(3,4)20-13-9-18(10-14-20)17-19-11-15-21(16-12-19)23(5,6)8-2;1-3-7-12-10(5-1)9-11-6-2-4-8-13(11)12;1-2-4-5-3-1;;;/h9-16H,7-8H2,1-6H3;1-5,7-8H,9H2;1-5H;2*1H;/q;2*-1;;;+2/p-2. The molecule has 0 spiro atoms. The van der Waals surface area contributed by atoms with Gasteiger partial charge in [-0.15, -0.1) is 5.56 Å². The van der Waals surface area contributed by atoms with E-state index in [1.165, 1.54) is 71.9 Å². The molecule has 0 nitrogen and oxygen atoms in total. The Hall–Kier alpha value is -2.44. The molecule has 0 aromatic heterocycles. The van der Waals surface area contributed by atoms with Gasteiger partial charge in [-0.25, -0.2) is 12.1 Å². The van der Waals surface area contributed by atoms with Crippen LogP contribution in [-0.2, 0) is 41.5 Å². The van der Waals surface area contributed by atoms with Gasteiger partial charge in [-0.1, -0.05) is 35.4 Å². The van der Waals surface area contributed by atoms with Crippen molar-refractivity contribution in [2.75, 3.05) is 0 Å². The fourth-order valence-corrected chi connectivity index (χ4v) is 5.89. The van der Waals surface area contributed by atoms with Crippen molar-refractivity contribution in [3.05, 3.63) is 161 Å². The molecule has 0 saturated heterocycles. The molecule has 0 N–H and O–H groups in total. The van der Waals surface area contributed by atoms with Crippen LogP contribution in [0.2, 0.25) is 0 Å². The summed E-state index contributed by atoms with van der Waals surface area (Å²) in [6.07, 6.45) is 3.37. The largest absolute Gasteiger partial charge is 1.00 e. The fraction of sp³-hybridized carbons (Fsp3) is 0.268. The smallest absolute Gasteiger partial charge is 0.0253 e. The van der Waals surface area contributed by atoms with E-state index in [4.69, 9.17) is 0 Å².